The van der Waals surface area contributed by atoms with Crippen LogP contribution in [0.15, 0.2) is 47.8 Å². The molecule has 0 aliphatic heterocycles. The van der Waals surface area contributed by atoms with Crippen molar-refractivity contribution in [3.8, 4) is 28.8 Å². The molecule has 0 saturated carbocycles. The van der Waals surface area contributed by atoms with Gasteiger partial charge in [-0.15, -0.1) is 11.3 Å². The number of ether oxygens (including phenoxy) is 1. The highest BCUT2D eigenvalue weighted by Crippen LogP contribution is 2.30. The highest BCUT2D eigenvalue weighted by molar-refractivity contribution is 7.11. The number of nitrogens with zero attached hydrogens (tertiary/aromatic N) is 3. The van der Waals surface area contributed by atoms with Gasteiger partial charge in [0, 0.05) is 17.0 Å². The first-order valence-electron chi connectivity index (χ1n) is 7.71. The number of phenols is 1. The molecule has 1 heterocycles. The zero-order valence-corrected chi connectivity index (χ0v) is 14.9. The van der Waals surface area contributed by atoms with Crippen molar-refractivity contribution in [2.45, 2.75) is 0 Å². The summed E-state index contributed by atoms with van der Waals surface area (Å²) in [6.45, 7) is 0. The average Bonchev–Trinajstić information content (AvgIpc) is 3.17. The molecule has 0 fully saturated rings. The molecule has 134 valence electrons. The molecule has 2 aromatic carbocycles. The summed E-state index contributed by atoms with van der Waals surface area (Å²) in [5.74, 6) is 0.312. The molecule has 0 aliphatic rings. The number of nitriles is 1. The Morgan fingerprint density at radius 1 is 1.33 bits per heavy atom. The van der Waals surface area contributed by atoms with E-state index in [1.807, 2.05) is 29.6 Å². The summed E-state index contributed by atoms with van der Waals surface area (Å²) in [5, 5.41) is 32.3. The minimum atomic E-state index is -0.677. The lowest BCUT2D eigenvalue weighted by Gasteiger charge is -2.00. The lowest BCUT2D eigenvalue weighted by Crippen LogP contribution is -1.89. The van der Waals surface area contributed by atoms with Crippen molar-refractivity contribution >= 4 is 28.7 Å². The monoisotopic (exact) mass is 379 g/mol. The summed E-state index contributed by atoms with van der Waals surface area (Å²) in [5.41, 5.74) is 1.89. The van der Waals surface area contributed by atoms with E-state index >= 15 is 0 Å². The van der Waals surface area contributed by atoms with Gasteiger partial charge >= 0.3 is 5.69 Å². The zero-order valence-electron chi connectivity index (χ0n) is 14.1. The first kappa shape index (κ1) is 18.1. The molecule has 1 N–H and O–H groups in total. The third kappa shape index (κ3) is 3.94. The third-order valence-corrected chi connectivity index (χ3v) is 4.62. The maximum absolute atomic E-state index is 10.9. The molecule has 7 nitrogen and oxygen atoms in total. The largest absolute Gasteiger partial charge is 0.502 e. The van der Waals surface area contributed by atoms with E-state index in [1.54, 1.807) is 7.11 Å². The molecule has 0 radical (unpaired) electrons. The maximum atomic E-state index is 10.9. The second kappa shape index (κ2) is 7.68. The number of aromatic nitrogens is 1. The molecule has 0 spiro atoms. The minimum absolute atomic E-state index is 0.278. The van der Waals surface area contributed by atoms with Crippen LogP contribution < -0.4 is 4.74 Å². The zero-order chi connectivity index (χ0) is 19.4. The fourth-order valence-electron chi connectivity index (χ4n) is 2.38. The van der Waals surface area contributed by atoms with Crippen molar-refractivity contribution in [2.24, 2.45) is 0 Å². The number of allylic oxidation sites excluding steroid dienone is 1. The van der Waals surface area contributed by atoms with Gasteiger partial charge in [0.15, 0.2) is 5.75 Å². The summed E-state index contributed by atoms with van der Waals surface area (Å²) in [6, 6.07) is 13.4. The van der Waals surface area contributed by atoms with Crippen LogP contribution in [0.4, 0.5) is 5.69 Å². The van der Waals surface area contributed by atoms with Gasteiger partial charge in [-0.3, -0.25) is 10.1 Å². The molecular weight excluding hydrogens is 366 g/mol. The summed E-state index contributed by atoms with van der Waals surface area (Å²) in [6.07, 6.45) is 1.50. The van der Waals surface area contributed by atoms with Gasteiger partial charge in [0.2, 0.25) is 0 Å². The topological polar surface area (TPSA) is 109 Å². The molecule has 0 unspecified atom stereocenters. The van der Waals surface area contributed by atoms with Gasteiger partial charge in [-0.25, -0.2) is 4.98 Å². The van der Waals surface area contributed by atoms with E-state index in [-0.39, 0.29) is 5.57 Å². The van der Waals surface area contributed by atoms with Crippen LogP contribution in [-0.4, -0.2) is 22.1 Å². The number of nitro groups is 1. The van der Waals surface area contributed by atoms with Gasteiger partial charge in [0.25, 0.3) is 0 Å². The van der Waals surface area contributed by atoms with Gasteiger partial charge in [0.1, 0.15) is 16.8 Å². The maximum Gasteiger partial charge on any atom is 0.311 e. The fraction of sp³-hybridized carbons (Fsp3) is 0.0526. The quantitative estimate of drug-likeness (QED) is 0.397. The van der Waals surface area contributed by atoms with E-state index in [0.29, 0.717) is 10.6 Å². The number of hydrogen-bond donors (Lipinski definition) is 1. The Labute approximate surface area is 158 Å². The van der Waals surface area contributed by atoms with Gasteiger partial charge in [-0.2, -0.15) is 5.26 Å². The van der Waals surface area contributed by atoms with E-state index in [1.165, 1.54) is 35.6 Å². The molecule has 3 aromatic rings. The average molecular weight is 379 g/mol. The molecule has 0 atom stereocenters. The SMILES string of the molecule is COc1ccc(-c2csc(/C(C#N)=C\c3ccc(O)c([N+](=O)[O-])c3)n2)cc1. The highest BCUT2D eigenvalue weighted by Gasteiger charge is 2.14. The molecule has 0 bridgehead atoms. The molecule has 1 aromatic heterocycles. The molecule has 0 saturated heterocycles. The molecular formula is C19H13N3O4S. The van der Waals surface area contributed by atoms with Crippen molar-refractivity contribution < 1.29 is 14.8 Å². The predicted molar refractivity (Wildman–Crippen MR) is 102 cm³/mol. The Kier molecular flexibility index (Phi) is 5.15. The number of aromatic hydroxyl groups is 1. The first-order chi connectivity index (χ1) is 13.0. The number of thiazole rings is 1. The number of methoxy groups -OCH3 is 1. The van der Waals surface area contributed by atoms with E-state index < -0.39 is 16.4 Å². The third-order valence-electron chi connectivity index (χ3n) is 3.75. The normalized spacial score (nSPS) is 11.0. The Morgan fingerprint density at radius 2 is 2.07 bits per heavy atom. The van der Waals surface area contributed by atoms with Crippen LogP contribution in [0.25, 0.3) is 22.9 Å². The summed E-state index contributed by atoms with van der Waals surface area (Å²) in [4.78, 5) is 14.8. The second-order valence-corrected chi connectivity index (χ2v) is 6.30. The lowest BCUT2D eigenvalue weighted by atomic mass is 10.1. The van der Waals surface area contributed by atoms with E-state index in [0.717, 1.165) is 17.0 Å². The number of benzene rings is 2. The van der Waals surface area contributed by atoms with Crippen LogP contribution in [0.3, 0.4) is 0 Å². The van der Waals surface area contributed by atoms with E-state index in [4.69, 9.17) is 4.74 Å². The smallest absolute Gasteiger partial charge is 0.311 e. The molecule has 0 amide bonds. The van der Waals surface area contributed by atoms with Crippen molar-refractivity contribution in [1.29, 1.82) is 5.26 Å². The van der Waals surface area contributed by atoms with Crippen LogP contribution in [-0.2, 0) is 0 Å². The predicted octanol–water partition coefficient (Wildman–Crippen LogP) is 4.50. The number of nitro benzene ring substituents is 1. The van der Waals surface area contributed by atoms with Gasteiger partial charge < -0.3 is 9.84 Å². The summed E-state index contributed by atoms with van der Waals surface area (Å²) < 4.78 is 5.13. The van der Waals surface area contributed by atoms with Crippen LogP contribution in [0, 0.1) is 21.4 Å². The Morgan fingerprint density at radius 3 is 2.70 bits per heavy atom. The van der Waals surface area contributed by atoms with Gasteiger partial charge in [0.05, 0.1) is 23.3 Å². The number of hydrogen-bond acceptors (Lipinski definition) is 7. The van der Waals surface area contributed by atoms with Crippen molar-refractivity contribution in [2.75, 3.05) is 7.11 Å². The Balaban J connectivity index is 1.93. The van der Waals surface area contributed by atoms with Crippen LogP contribution in [0.2, 0.25) is 0 Å². The number of rotatable bonds is 5. The molecule has 27 heavy (non-hydrogen) atoms. The molecule has 8 heteroatoms. The van der Waals surface area contributed by atoms with E-state index in [2.05, 4.69) is 11.1 Å². The van der Waals surface area contributed by atoms with Crippen molar-refractivity contribution in [1.82, 2.24) is 4.98 Å². The fourth-order valence-corrected chi connectivity index (χ4v) is 3.17. The van der Waals surface area contributed by atoms with Crippen molar-refractivity contribution in [3.05, 3.63) is 68.5 Å². The van der Waals surface area contributed by atoms with Crippen LogP contribution in [0.5, 0.6) is 11.5 Å². The van der Waals surface area contributed by atoms with Gasteiger partial charge in [-0.1, -0.05) is 6.07 Å². The first-order valence-corrected chi connectivity index (χ1v) is 8.59. The van der Waals surface area contributed by atoms with Crippen molar-refractivity contribution in [3.63, 3.8) is 0 Å². The Hall–Kier alpha value is -3.70. The summed E-state index contributed by atoms with van der Waals surface area (Å²) in [7, 11) is 1.59. The van der Waals surface area contributed by atoms with Gasteiger partial charge in [-0.05, 0) is 42.0 Å². The standard InChI is InChI=1S/C19H13N3O4S/c1-26-15-5-3-13(4-6-15)16-11-27-19(21-16)14(10-20)8-12-2-7-18(23)17(9-12)22(24)25/h2-9,11,23H,1H3/b14-8-. The number of phenolic OH excluding ortho intramolecular Hbond substituents is 1. The Bertz CT molecular complexity index is 1070. The molecule has 0 aliphatic carbocycles. The van der Waals surface area contributed by atoms with E-state index in [9.17, 15) is 20.5 Å². The lowest BCUT2D eigenvalue weighted by molar-refractivity contribution is -0.385. The second-order valence-electron chi connectivity index (χ2n) is 5.44. The molecule has 3 rings (SSSR count). The van der Waals surface area contributed by atoms with Crippen LogP contribution >= 0.6 is 11.3 Å². The highest BCUT2D eigenvalue weighted by atomic mass is 32.1. The van der Waals surface area contributed by atoms with Crippen LogP contribution in [0.1, 0.15) is 10.6 Å². The summed E-state index contributed by atoms with van der Waals surface area (Å²) >= 11 is 1.30. The minimum Gasteiger partial charge on any atom is -0.502 e.